The molecule has 1 aromatic rings. The maximum atomic E-state index is 5.61. The van der Waals surface area contributed by atoms with Gasteiger partial charge in [0.05, 0.1) is 39.5 Å². The molecular formula is C22H41IN4O3. The van der Waals surface area contributed by atoms with E-state index >= 15 is 0 Å². The number of likely N-dealkylation sites (N-methyl/N-ethyl adjacent to an activating group) is 1. The lowest BCUT2D eigenvalue weighted by Crippen LogP contribution is -2.39. The number of unbranched alkanes of at least 4 members (excludes halogenated alkanes) is 1. The van der Waals surface area contributed by atoms with E-state index in [9.17, 15) is 0 Å². The van der Waals surface area contributed by atoms with Crippen molar-refractivity contribution in [2.75, 3.05) is 67.3 Å². The molecule has 0 radical (unpaired) electrons. The fourth-order valence-corrected chi connectivity index (χ4v) is 2.72. The molecule has 30 heavy (non-hydrogen) atoms. The molecule has 0 aliphatic heterocycles. The van der Waals surface area contributed by atoms with Gasteiger partial charge in [0.1, 0.15) is 5.75 Å². The number of methoxy groups -OCH3 is 1. The maximum Gasteiger partial charge on any atom is 0.191 e. The first-order valence-electron chi connectivity index (χ1n) is 10.6. The van der Waals surface area contributed by atoms with Gasteiger partial charge in [-0.1, -0.05) is 25.5 Å². The van der Waals surface area contributed by atoms with E-state index in [2.05, 4.69) is 55.6 Å². The van der Waals surface area contributed by atoms with E-state index in [0.29, 0.717) is 32.9 Å². The first-order valence-corrected chi connectivity index (χ1v) is 10.6. The minimum atomic E-state index is 0. The van der Waals surface area contributed by atoms with Crippen LogP contribution in [0.4, 0.5) is 0 Å². The molecule has 0 saturated heterocycles. The molecule has 0 bridgehead atoms. The summed E-state index contributed by atoms with van der Waals surface area (Å²) in [6.45, 7) is 9.11. The van der Waals surface area contributed by atoms with Crippen molar-refractivity contribution in [3.8, 4) is 5.75 Å². The van der Waals surface area contributed by atoms with Crippen LogP contribution in [0.1, 0.15) is 38.3 Å². The largest absolute Gasteiger partial charge is 0.497 e. The van der Waals surface area contributed by atoms with Gasteiger partial charge >= 0.3 is 0 Å². The fourth-order valence-electron chi connectivity index (χ4n) is 2.72. The zero-order valence-corrected chi connectivity index (χ0v) is 21.6. The molecule has 1 aromatic carbocycles. The zero-order valence-electron chi connectivity index (χ0n) is 19.3. The van der Waals surface area contributed by atoms with Crippen molar-refractivity contribution >= 4 is 29.9 Å². The molecule has 174 valence electrons. The SMILES string of the molecule is CCCCOCCOCCNC(=NCC(c1ccc(OC)cc1)N(C)C)NCC.I. The number of ether oxygens (including phenoxy) is 3. The van der Waals surface area contributed by atoms with Crippen molar-refractivity contribution in [3.05, 3.63) is 29.8 Å². The van der Waals surface area contributed by atoms with Gasteiger partial charge in [-0.25, -0.2) is 0 Å². The Kier molecular flexibility index (Phi) is 18.0. The highest BCUT2D eigenvalue weighted by atomic mass is 127. The Bertz CT molecular complexity index is 556. The molecule has 0 aliphatic rings. The smallest absolute Gasteiger partial charge is 0.191 e. The van der Waals surface area contributed by atoms with Crippen molar-refractivity contribution < 1.29 is 14.2 Å². The van der Waals surface area contributed by atoms with Crippen LogP contribution in [0.25, 0.3) is 0 Å². The van der Waals surface area contributed by atoms with E-state index in [1.807, 2.05) is 12.1 Å². The number of hydrogen-bond acceptors (Lipinski definition) is 5. The topological polar surface area (TPSA) is 67.3 Å². The summed E-state index contributed by atoms with van der Waals surface area (Å²) in [4.78, 5) is 6.94. The third-order valence-corrected chi connectivity index (χ3v) is 4.44. The predicted molar refractivity (Wildman–Crippen MR) is 135 cm³/mol. The van der Waals surface area contributed by atoms with Crippen LogP contribution in [0.5, 0.6) is 5.75 Å². The molecule has 1 unspecified atom stereocenters. The predicted octanol–water partition coefficient (Wildman–Crippen LogP) is 3.30. The van der Waals surface area contributed by atoms with Crippen LogP contribution < -0.4 is 15.4 Å². The van der Waals surface area contributed by atoms with Crippen LogP contribution in [0.3, 0.4) is 0 Å². The highest BCUT2D eigenvalue weighted by Gasteiger charge is 2.14. The molecule has 0 heterocycles. The van der Waals surface area contributed by atoms with Crippen molar-refractivity contribution in [2.24, 2.45) is 4.99 Å². The summed E-state index contributed by atoms with van der Waals surface area (Å²) in [5.74, 6) is 1.66. The minimum Gasteiger partial charge on any atom is -0.497 e. The second-order valence-corrected chi connectivity index (χ2v) is 6.98. The monoisotopic (exact) mass is 536 g/mol. The number of aliphatic imine (C=N–C) groups is 1. The van der Waals surface area contributed by atoms with E-state index in [4.69, 9.17) is 19.2 Å². The highest BCUT2D eigenvalue weighted by molar-refractivity contribution is 14.0. The first-order chi connectivity index (χ1) is 14.1. The van der Waals surface area contributed by atoms with Crippen LogP contribution in [-0.2, 0) is 9.47 Å². The van der Waals surface area contributed by atoms with Crippen LogP contribution in [-0.4, -0.2) is 78.1 Å². The minimum absolute atomic E-state index is 0. The van der Waals surface area contributed by atoms with Gasteiger partial charge in [-0.15, -0.1) is 24.0 Å². The summed E-state index contributed by atoms with van der Waals surface area (Å²) in [6.07, 6.45) is 2.26. The van der Waals surface area contributed by atoms with E-state index in [0.717, 1.165) is 37.7 Å². The third-order valence-electron chi connectivity index (χ3n) is 4.44. The van der Waals surface area contributed by atoms with Gasteiger partial charge in [0.15, 0.2) is 5.96 Å². The van der Waals surface area contributed by atoms with Crippen LogP contribution in [0.2, 0.25) is 0 Å². The molecule has 0 fully saturated rings. The second-order valence-electron chi connectivity index (χ2n) is 6.98. The van der Waals surface area contributed by atoms with Crippen LogP contribution in [0, 0.1) is 0 Å². The van der Waals surface area contributed by atoms with Gasteiger partial charge in [-0.3, -0.25) is 4.99 Å². The van der Waals surface area contributed by atoms with Gasteiger partial charge in [0.25, 0.3) is 0 Å². The van der Waals surface area contributed by atoms with Crippen molar-refractivity contribution in [2.45, 2.75) is 32.7 Å². The Morgan fingerprint density at radius 2 is 1.67 bits per heavy atom. The number of hydrogen-bond donors (Lipinski definition) is 2. The van der Waals surface area contributed by atoms with Crippen molar-refractivity contribution in [3.63, 3.8) is 0 Å². The molecular weight excluding hydrogens is 495 g/mol. The van der Waals surface area contributed by atoms with Gasteiger partial charge in [-0.05, 0) is 45.1 Å². The average Bonchev–Trinajstić information content (AvgIpc) is 2.72. The molecule has 0 spiro atoms. The Hall–Kier alpha value is -1.10. The Balaban J connectivity index is 0.00000841. The molecule has 1 rings (SSSR count). The Morgan fingerprint density at radius 1 is 1.00 bits per heavy atom. The summed E-state index contributed by atoms with van der Waals surface area (Å²) >= 11 is 0. The summed E-state index contributed by atoms with van der Waals surface area (Å²) in [5, 5.41) is 6.62. The summed E-state index contributed by atoms with van der Waals surface area (Å²) in [6, 6.07) is 8.35. The van der Waals surface area contributed by atoms with Gasteiger partial charge in [0.2, 0.25) is 0 Å². The average molecular weight is 536 g/mol. The Morgan fingerprint density at radius 3 is 2.23 bits per heavy atom. The van der Waals surface area contributed by atoms with Crippen molar-refractivity contribution in [1.82, 2.24) is 15.5 Å². The quantitative estimate of drug-likeness (QED) is 0.155. The van der Waals surface area contributed by atoms with Crippen molar-refractivity contribution in [1.29, 1.82) is 0 Å². The summed E-state index contributed by atoms with van der Waals surface area (Å²) < 4.78 is 16.4. The lowest BCUT2D eigenvalue weighted by Gasteiger charge is -2.24. The van der Waals surface area contributed by atoms with E-state index in [-0.39, 0.29) is 30.0 Å². The lowest BCUT2D eigenvalue weighted by atomic mass is 10.1. The van der Waals surface area contributed by atoms with Crippen LogP contribution in [0.15, 0.2) is 29.3 Å². The molecule has 0 aromatic heterocycles. The summed E-state index contributed by atoms with van der Waals surface area (Å²) in [7, 11) is 5.82. The maximum absolute atomic E-state index is 5.61. The second kappa shape index (κ2) is 18.7. The standard InChI is InChI=1S/C22H40N4O3.HI/c1-6-8-14-28-16-17-29-15-13-24-22(23-7-2)25-18-21(26(3)4)19-9-11-20(27-5)12-10-19;/h9-12,21H,6-8,13-18H2,1-5H3,(H2,23,24,25);1H. The summed E-state index contributed by atoms with van der Waals surface area (Å²) in [5.41, 5.74) is 1.21. The number of guanidine groups is 1. The van der Waals surface area contributed by atoms with Gasteiger partial charge < -0.3 is 29.7 Å². The number of benzene rings is 1. The lowest BCUT2D eigenvalue weighted by molar-refractivity contribution is 0.0487. The molecule has 1 atom stereocenters. The molecule has 7 nitrogen and oxygen atoms in total. The number of rotatable bonds is 15. The molecule has 2 N–H and O–H groups in total. The molecule has 0 aliphatic carbocycles. The van der Waals surface area contributed by atoms with E-state index < -0.39 is 0 Å². The van der Waals surface area contributed by atoms with E-state index in [1.54, 1.807) is 7.11 Å². The molecule has 0 saturated carbocycles. The van der Waals surface area contributed by atoms with Crippen LogP contribution >= 0.6 is 24.0 Å². The van der Waals surface area contributed by atoms with E-state index in [1.165, 1.54) is 5.56 Å². The normalized spacial score (nSPS) is 12.4. The highest BCUT2D eigenvalue weighted by Crippen LogP contribution is 2.21. The molecule has 0 amide bonds. The number of halogens is 1. The third kappa shape index (κ3) is 12.6. The number of nitrogens with one attached hydrogen (secondary N) is 2. The van der Waals surface area contributed by atoms with Gasteiger partial charge in [0, 0.05) is 19.7 Å². The van der Waals surface area contributed by atoms with Gasteiger partial charge in [-0.2, -0.15) is 0 Å². The fraction of sp³-hybridized carbons (Fsp3) is 0.682. The number of nitrogens with zero attached hydrogens (tertiary/aromatic N) is 2. The zero-order chi connectivity index (χ0) is 21.3. The first kappa shape index (κ1) is 28.9. The molecule has 8 heteroatoms. The Labute approximate surface area is 200 Å².